The number of rotatable bonds is 3. The highest BCUT2D eigenvalue weighted by Crippen LogP contribution is 2.20. The van der Waals surface area contributed by atoms with E-state index in [1.54, 1.807) is 30.5 Å². The number of nitrogens with zero attached hydrogens (tertiary/aromatic N) is 1. The molecule has 2 N–H and O–H groups in total. The largest absolute Gasteiger partial charge is 0.358 e. The minimum atomic E-state index is -0.334. The first-order chi connectivity index (χ1) is 10.7. The summed E-state index contributed by atoms with van der Waals surface area (Å²) in [7, 11) is 0. The lowest BCUT2D eigenvalue weighted by Crippen LogP contribution is -2.18. The fourth-order valence-corrected chi connectivity index (χ4v) is 2.55. The third-order valence-corrected chi connectivity index (χ3v) is 3.75. The molecule has 0 saturated carbocycles. The molecule has 1 heterocycles. The summed E-state index contributed by atoms with van der Waals surface area (Å²) in [5.74, 6) is -0.334. The van der Waals surface area contributed by atoms with Gasteiger partial charge in [-0.2, -0.15) is 5.10 Å². The zero-order valence-electron chi connectivity index (χ0n) is 11.9. The number of fused-ring (bicyclic) bond motifs is 1. The third-order valence-electron chi connectivity index (χ3n) is 3.42. The van der Waals surface area contributed by atoms with E-state index in [1.807, 2.05) is 31.2 Å². The van der Waals surface area contributed by atoms with Crippen molar-refractivity contribution in [2.24, 2.45) is 5.10 Å². The summed E-state index contributed by atoms with van der Waals surface area (Å²) in [6, 6.07) is 14.8. The Morgan fingerprint density at radius 2 is 1.91 bits per heavy atom. The maximum absolute atomic E-state index is 12.0. The maximum Gasteiger partial charge on any atom is 0.272 e. The number of benzene rings is 2. The predicted molar refractivity (Wildman–Crippen MR) is 89.5 cm³/mol. The summed E-state index contributed by atoms with van der Waals surface area (Å²) in [4.78, 5) is 15.3. The molecule has 1 amide bonds. The molecule has 1 aromatic heterocycles. The highest BCUT2D eigenvalue weighted by Gasteiger charge is 2.09. The van der Waals surface area contributed by atoms with Gasteiger partial charge in [-0.1, -0.05) is 41.9 Å². The second-order valence-corrected chi connectivity index (χ2v) is 5.30. The number of hydrogen-bond acceptors (Lipinski definition) is 2. The van der Waals surface area contributed by atoms with Gasteiger partial charge in [-0.25, -0.2) is 5.43 Å². The van der Waals surface area contributed by atoms with Crippen LogP contribution in [0.5, 0.6) is 0 Å². The lowest BCUT2D eigenvalue weighted by Gasteiger charge is -2.01. The van der Waals surface area contributed by atoms with Crippen molar-refractivity contribution in [3.63, 3.8) is 0 Å². The highest BCUT2D eigenvalue weighted by atomic mass is 35.5. The van der Waals surface area contributed by atoms with Gasteiger partial charge in [0, 0.05) is 22.2 Å². The third kappa shape index (κ3) is 2.73. The molecular formula is C17H14ClN3O. The number of hydrogen-bond donors (Lipinski definition) is 2. The quantitative estimate of drug-likeness (QED) is 0.559. The van der Waals surface area contributed by atoms with E-state index in [0.717, 1.165) is 22.2 Å². The first kappa shape index (κ1) is 14.4. The number of aryl methyl sites for hydroxylation is 1. The summed E-state index contributed by atoms with van der Waals surface area (Å²) in [6.07, 6.45) is 1.64. The Kier molecular flexibility index (Phi) is 3.94. The van der Waals surface area contributed by atoms with Gasteiger partial charge < -0.3 is 4.98 Å². The Bertz CT molecular complexity index is 867. The van der Waals surface area contributed by atoms with E-state index in [2.05, 4.69) is 15.5 Å². The number of para-hydroxylation sites is 1. The summed E-state index contributed by atoms with van der Waals surface area (Å²) >= 11 is 5.98. The van der Waals surface area contributed by atoms with Gasteiger partial charge in [0.2, 0.25) is 0 Å². The van der Waals surface area contributed by atoms with Crippen molar-refractivity contribution in [1.82, 2.24) is 10.4 Å². The molecule has 0 bridgehead atoms. The highest BCUT2D eigenvalue weighted by molar-refractivity contribution is 6.33. The Morgan fingerprint density at radius 1 is 1.18 bits per heavy atom. The number of nitrogens with one attached hydrogen (secondary N) is 2. The second-order valence-electron chi connectivity index (χ2n) is 4.89. The Labute approximate surface area is 132 Å². The van der Waals surface area contributed by atoms with Crippen LogP contribution in [0.2, 0.25) is 5.02 Å². The summed E-state index contributed by atoms with van der Waals surface area (Å²) < 4.78 is 0. The van der Waals surface area contributed by atoms with E-state index in [0.29, 0.717) is 10.6 Å². The van der Waals surface area contributed by atoms with Crippen LogP contribution in [0, 0.1) is 6.92 Å². The van der Waals surface area contributed by atoms with Crippen molar-refractivity contribution in [1.29, 1.82) is 0 Å². The van der Waals surface area contributed by atoms with Crippen molar-refractivity contribution in [3.05, 3.63) is 70.4 Å². The number of H-pyrrole nitrogens is 1. The number of hydrazone groups is 1. The molecule has 0 aliphatic heterocycles. The van der Waals surface area contributed by atoms with E-state index >= 15 is 0 Å². The van der Waals surface area contributed by atoms with Gasteiger partial charge in [0.1, 0.15) is 0 Å². The number of carbonyl (C=O) groups excluding carboxylic acids is 1. The Balaban J connectivity index is 1.81. The molecule has 0 saturated heterocycles. The Hall–Kier alpha value is -2.59. The van der Waals surface area contributed by atoms with Crippen molar-refractivity contribution in [3.8, 4) is 0 Å². The zero-order chi connectivity index (χ0) is 15.5. The lowest BCUT2D eigenvalue weighted by atomic mass is 10.1. The molecule has 110 valence electrons. The lowest BCUT2D eigenvalue weighted by molar-refractivity contribution is 0.0955. The van der Waals surface area contributed by atoms with Crippen LogP contribution in [0.3, 0.4) is 0 Å². The molecule has 0 unspecified atom stereocenters. The SMILES string of the molecule is Cc1[nH]c2ccccc2c1/C=N\NC(=O)c1ccccc1Cl. The van der Waals surface area contributed by atoms with Crippen LogP contribution in [0.25, 0.3) is 10.9 Å². The summed E-state index contributed by atoms with van der Waals surface area (Å²) in [5.41, 5.74) is 5.89. The van der Waals surface area contributed by atoms with Gasteiger partial charge in [0.15, 0.2) is 0 Å². The van der Waals surface area contributed by atoms with Crippen LogP contribution in [0.1, 0.15) is 21.6 Å². The van der Waals surface area contributed by atoms with E-state index in [4.69, 9.17) is 11.6 Å². The molecule has 0 fully saturated rings. The van der Waals surface area contributed by atoms with Crippen molar-refractivity contribution in [2.75, 3.05) is 0 Å². The van der Waals surface area contributed by atoms with Gasteiger partial charge >= 0.3 is 0 Å². The summed E-state index contributed by atoms with van der Waals surface area (Å²) in [5, 5.41) is 5.51. The fourth-order valence-electron chi connectivity index (χ4n) is 2.33. The number of amides is 1. The van der Waals surface area contributed by atoms with Gasteiger partial charge in [0.05, 0.1) is 16.8 Å². The molecule has 5 heteroatoms. The topological polar surface area (TPSA) is 57.2 Å². The minimum Gasteiger partial charge on any atom is -0.358 e. The van der Waals surface area contributed by atoms with E-state index in [9.17, 15) is 4.79 Å². The van der Waals surface area contributed by atoms with Crippen LogP contribution >= 0.6 is 11.6 Å². The fraction of sp³-hybridized carbons (Fsp3) is 0.0588. The van der Waals surface area contributed by atoms with Crippen molar-refractivity contribution >= 4 is 34.6 Å². The average Bonchev–Trinajstić information content (AvgIpc) is 2.83. The van der Waals surface area contributed by atoms with Gasteiger partial charge in [0.25, 0.3) is 5.91 Å². The zero-order valence-corrected chi connectivity index (χ0v) is 12.7. The van der Waals surface area contributed by atoms with Crippen molar-refractivity contribution in [2.45, 2.75) is 6.92 Å². The average molecular weight is 312 g/mol. The van der Waals surface area contributed by atoms with Gasteiger partial charge in [-0.05, 0) is 25.1 Å². The first-order valence-corrected chi connectivity index (χ1v) is 7.20. The normalized spacial score (nSPS) is 11.2. The molecule has 2 aromatic carbocycles. The van der Waals surface area contributed by atoms with Crippen LogP contribution in [0.15, 0.2) is 53.6 Å². The molecule has 3 aromatic rings. The molecule has 0 aliphatic carbocycles. The van der Waals surface area contributed by atoms with Crippen molar-refractivity contribution < 1.29 is 4.79 Å². The molecule has 22 heavy (non-hydrogen) atoms. The standard InChI is InChI=1S/C17H14ClN3O/c1-11-14(12-6-3-5-9-16(12)20-11)10-19-21-17(22)13-7-2-4-8-15(13)18/h2-10,20H,1H3,(H,21,22)/b19-10-. The Morgan fingerprint density at radius 3 is 2.73 bits per heavy atom. The maximum atomic E-state index is 12.0. The number of aromatic nitrogens is 1. The molecule has 3 rings (SSSR count). The van der Waals surface area contributed by atoms with E-state index in [-0.39, 0.29) is 5.91 Å². The number of aromatic amines is 1. The van der Waals surface area contributed by atoms with Crippen LogP contribution in [0.4, 0.5) is 0 Å². The minimum absolute atomic E-state index is 0.334. The second kappa shape index (κ2) is 6.03. The molecule has 4 nitrogen and oxygen atoms in total. The monoisotopic (exact) mass is 311 g/mol. The molecule has 0 aliphatic rings. The first-order valence-electron chi connectivity index (χ1n) is 6.82. The number of halogens is 1. The van der Waals surface area contributed by atoms with Crippen LogP contribution < -0.4 is 5.43 Å². The molecule has 0 atom stereocenters. The van der Waals surface area contributed by atoms with Crippen LogP contribution in [-0.2, 0) is 0 Å². The van der Waals surface area contributed by atoms with E-state index in [1.165, 1.54) is 0 Å². The van der Waals surface area contributed by atoms with Gasteiger partial charge in [-0.15, -0.1) is 0 Å². The molecule has 0 spiro atoms. The summed E-state index contributed by atoms with van der Waals surface area (Å²) in [6.45, 7) is 1.97. The predicted octanol–water partition coefficient (Wildman–Crippen LogP) is 3.89. The smallest absolute Gasteiger partial charge is 0.272 e. The van der Waals surface area contributed by atoms with E-state index < -0.39 is 0 Å². The number of carbonyl (C=O) groups is 1. The van der Waals surface area contributed by atoms with Crippen LogP contribution in [-0.4, -0.2) is 17.1 Å². The molecular weight excluding hydrogens is 298 g/mol. The molecule has 0 radical (unpaired) electrons. The van der Waals surface area contributed by atoms with Gasteiger partial charge in [-0.3, -0.25) is 4.79 Å².